The van der Waals surface area contributed by atoms with Crippen LogP contribution in [0.4, 0.5) is 0 Å². The van der Waals surface area contributed by atoms with E-state index in [1.165, 1.54) is 0 Å². The molecular weight excluding hydrogens is 238 g/mol. The van der Waals surface area contributed by atoms with Crippen molar-refractivity contribution in [3.05, 3.63) is 41.6 Å². The quantitative estimate of drug-likeness (QED) is 0.703. The van der Waals surface area contributed by atoms with Gasteiger partial charge in [0.05, 0.1) is 12.5 Å². The summed E-state index contributed by atoms with van der Waals surface area (Å²) >= 11 is 4.96. The van der Waals surface area contributed by atoms with Gasteiger partial charge in [-0.1, -0.05) is 0 Å². The monoisotopic (exact) mass is 245 g/mol. The average molecular weight is 245 g/mol. The van der Waals surface area contributed by atoms with Gasteiger partial charge in [-0.05, 0) is 36.5 Å². The first kappa shape index (κ1) is 9.98. The SMILES string of the molecule is S=c1nc(-c2ccco2)c(-c2ccco2)n[nH]1. The fourth-order valence-corrected chi connectivity index (χ4v) is 1.64. The molecule has 17 heavy (non-hydrogen) atoms. The number of aromatic amines is 1. The first-order chi connectivity index (χ1) is 8.34. The molecule has 3 heterocycles. The zero-order valence-electron chi connectivity index (χ0n) is 8.58. The molecule has 0 spiro atoms. The van der Waals surface area contributed by atoms with Gasteiger partial charge < -0.3 is 8.83 Å². The maximum Gasteiger partial charge on any atom is 0.214 e. The van der Waals surface area contributed by atoms with Gasteiger partial charge >= 0.3 is 0 Å². The lowest BCUT2D eigenvalue weighted by atomic mass is 10.2. The van der Waals surface area contributed by atoms with Gasteiger partial charge in [-0.2, -0.15) is 5.10 Å². The summed E-state index contributed by atoms with van der Waals surface area (Å²) < 4.78 is 10.9. The van der Waals surface area contributed by atoms with Crippen molar-refractivity contribution in [2.45, 2.75) is 0 Å². The molecule has 0 saturated carbocycles. The van der Waals surface area contributed by atoms with Gasteiger partial charge in [0.2, 0.25) is 4.77 Å². The summed E-state index contributed by atoms with van der Waals surface area (Å²) in [6.45, 7) is 0. The van der Waals surface area contributed by atoms with Gasteiger partial charge in [-0.3, -0.25) is 5.10 Å². The summed E-state index contributed by atoms with van der Waals surface area (Å²) in [5.41, 5.74) is 1.13. The number of nitrogens with zero attached hydrogens (tertiary/aromatic N) is 2. The van der Waals surface area contributed by atoms with Crippen LogP contribution in [0.5, 0.6) is 0 Å². The molecule has 0 bridgehead atoms. The molecule has 1 N–H and O–H groups in total. The van der Waals surface area contributed by atoms with Crippen LogP contribution in [0.3, 0.4) is 0 Å². The summed E-state index contributed by atoms with van der Waals surface area (Å²) in [5.74, 6) is 1.21. The first-order valence-electron chi connectivity index (χ1n) is 4.89. The van der Waals surface area contributed by atoms with Crippen LogP contribution in [0.1, 0.15) is 0 Å². The number of furan rings is 2. The van der Waals surface area contributed by atoms with Crippen LogP contribution < -0.4 is 0 Å². The van der Waals surface area contributed by atoms with E-state index in [1.54, 1.807) is 36.8 Å². The van der Waals surface area contributed by atoms with E-state index in [0.29, 0.717) is 27.7 Å². The minimum absolute atomic E-state index is 0.298. The molecule has 0 fully saturated rings. The topological polar surface area (TPSA) is 67.8 Å². The zero-order chi connectivity index (χ0) is 11.7. The summed E-state index contributed by atoms with van der Waals surface area (Å²) in [4.78, 5) is 4.21. The maximum absolute atomic E-state index is 5.31. The van der Waals surface area contributed by atoms with E-state index in [2.05, 4.69) is 15.2 Å². The number of H-pyrrole nitrogens is 1. The fraction of sp³-hybridized carbons (Fsp3) is 0. The Balaban J connectivity index is 2.26. The smallest absolute Gasteiger partial charge is 0.214 e. The van der Waals surface area contributed by atoms with Crippen molar-refractivity contribution in [3.8, 4) is 22.9 Å². The van der Waals surface area contributed by atoms with E-state index in [0.717, 1.165) is 0 Å². The number of aromatic nitrogens is 3. The van der Waals surface area contributed by atoms with E-state index in [1.807, 2.05) is 0 Å². The largest absolute Gasteiger partial charge is 0.463 e. The lowest BCUT2D eigenvalue weighted by molar-refractivity contribution is 0.569. The van der Waals surface area contributed by atoms with Crippen molar-refractivity contribution in [1.82, 2.24) is 15.2 Å². The minimum atomic E-state index is 0.298. The molecule has 0 aliphatic rings. The van der Waals surface area contributed by atoms with E-state index >= 15 is 0 Å². The predicted molar refractivity (Wildman–Crippen MR) is 62.6 cm³/mol. The second kappa shape index (κ2) is 3.99. The fourth-order valence-electron chi connectivity index (χ4n) is 1.51. The van der Waals surface area contributed by atoms with Crippen LogP contribution in [0.2, 0.25) is 0 Å². The molecule has 6 heteroatoms. The summed E-state index contributed by atoms with van der Waals surface area (Å²) in [7, 11) is 0. The van der Waals surface area contributed by atoms with Crippen LogP contribution in [0.15, 0.2) is 45.6 Å². The van der Waals surface area contributed by atoms with Crippen LogP contribution in [0, 0.1) is 4.77 Å². The van der Waals surface area contributed by atoms with Crippen LogP contribution in [-0.4, -0.2) is 15.2 Å². The van der Waals surface area contributed by atoms with Crippen molar-refractivity contribution in [2.75, 3.05) is 0 Å². The van der Waals surface area contributed by atoms with E-state index in [-0.39, 0.29) is 0 Å². The zero-order valence-corrected chi connectivity index (χ0v) is 9.40. The molecule has 3 aromatic rings. The summed E-state index contributed by atoms with van der Waals surface area (Å²) in [5, 5.41) is 6.77. The average Bonchev–Trinajstić information content (AvgIpc) is 3.02. The number of hydrogen-bond acceptors (Lipinski definition) is 5. The highest BCUT2D eigenvalue weighted by Crippen LogP contribution is 2.28. The Morgan fingerprint density at radius 2 is 1.65 bits per heavy atom. The molecular formula is C11H7N3O2S. The first-order valence-corrected chi connectivity index (χ1v) is 5.30. The Labute approximate surface area is 101 Å². The van der Waals surface area contributed by atoms with Crippen LogP contribution in [0.25, 0.3) is 22.9 Å². The third kappa shape index (κ3) is 1.78. The van der Waals surface area contributed by atoms with Crippen molar-refractivity contribution < 1.29 is 8.83 Å². The molecule has 0 unspecified atom stereocenters. The van der Waals surface area contributed by atoms with Crippen molar-refractivity contribution in [3.63, 3.8) is 0 Å². The van der Waals surface area contributed by atoms with Gasteiger partial charge in [0, 0.05) is 0 Å². The van der Waals surface area contributed by atoms with Gasteiger partial charge in [0.1, 0.15) is 5.69 Å². The second-order valence-electron chi connectivity index (χ2n) is 3.29. The van der Waals surface area contributed by atoms with Crippen molar-refractivity contribution >= 4 is 12.2 Å². The Bertz CT molecular complexity index is 671. The van der Waals surface area contributed by atoms with Crippen molar-refractivity contribution in [2.24, 2.45) is 0 Å². The Hall–Kier alpha value is -2.21. The lowest BCUT2D eigenvalue weighted by Crippen LogP contribution is -1.95. The standard InChI is InChI=1S/C11H7N3O2S/c17-11-12-9(7-3-1-5-15-7)10(13-14-11)8-4-2-6-16-8/h1-6H,(H,12,14,17). The normalized spacial score (nSPS) is 10.6. The van der Waals surface area contributed by atoms with E-state index in [9.17, 15) is 0 Å². The molecule has 3 aromatic heterocycles. The summed E-state index contributed by atoms with van der Waals surface area (Å²) in [6.07, 6.45) is 3.15. The minimum Gasteiger partial charge on any atom is -0.463 e. The molecule has 0 radical (unpaired) electrons. The number of nitrogens with one attached hydrogen (secondary N) is 1. The Morgan fingerprint density at radius 1 is 1.00 bits per heavy atom. The highest BCUT2D eigenvalue weighted by atomic mass is 32.1. The van der Waals surface area contributed by atoms with Gasteiger partial charge in [0.25, 0.3) is 0 Å². The lowest BCUT2D eigenvalue weighted by Gasteiger charge is -2.01. The second-order valence-corrected chi connectivity index (χ2v) is 3.68. The predicted octanol–water partition coefficient (Wildman–Crippen LogP) is 3.05. The maximum atomic E-state index is 5.31. The molecule has 0 aliphatic heterocycles. The molecule has 3 rings (SSSR count). The van der Waals surface area contributed by atoms with Gasteiger partial charge in [-0.15, -0.1) is 0 Å². The van der Waals surface area contributed by atoms with Crippen LogP contribution >= 0.6 is 12.2 Å². The highest BCUT2D eigenvalue weighted by molar-refractivity contribution is 7.71. The molecule has 5 nitrogen and oxygen atoms in total. The molecule has 0 aromatic carbocycles. The third-order valence-corrected chi connectivity index (χ3v) is 2.39. The highest BCUT2D eigenvalue weighted by Gasteiger charge is 2.15. The van der Waals surface area contributed by atoms with Crippen LogP contribution in [-0.2, 0) is 0 Å². The molecule has 0 atom stereocenters. The molecule has 0 saturated heterocycles. The van der Waals surface area contributed by atoms with Gasteiger partial charge in [-0.25, -0.2) is 4.98 Å². The number of rotatable bonds is 2. The van der Waals surface area contributed by atoms with Crippen molar-refractivity contribution in [1.29, 1.82) is 0 Å². The number of hydrogen-bond donors (Lipinski definition) is 1. The summed E-state index contributed by atoms with van der Waals surface area (Å²) in [6, 6.07) is 7.16. The molecule has 84 valence electrons. The third-order valence-electron chi connectivity index (χ3n) is 2.21. The van der Waals surface area contributed by atoms with E-state index in [4.69, 9.17) is 21.1 Å². The molecule has 0 aliphatic carbocycles. The Morgan fingerprint density at radius 3 is 2.24 bits per heavy atom. The van der Waals surface area contributed by atoms with Gasteiger partial charge in [0.15, 0.2) is 17.2 Å². The molecule has 0 amide bonds. The Kier molecular flexibility index (Phi) is 2.34. The van der Waals surface area contributed by atoms with E-state index < -0.39 is 0 Å².